The SMILES string of the molecule is CCOc1nc(Sc2nc(C(C)=O)cs2)nc2[nH]c(CC)c(Br)c12. The van der Waals surface area contributed by atoms with Gasteiger partial charge in [0.1, 0.15) is 11.3 Å². The molecule has 3 heterocycles. The highest BCUT2D eigenvalue weighted by atomic mass is 79.9. The van der Waals surface area contributed by atoms with Crippen LogP contribution >= 0.6 is 39.0 Å². The molecular weight excluding hydrogens is 412 g/mol. The van der Waals surface area contributed by atoms with Gasteiger partial charge in [0.05, 0.1) is 16.5 Å². The van der Waals surface area contributed by atoms with E-state index in [0.717, 1.165) is 32.0 Å². The topological polar surface area (TPSA) is 80.8 Å². The van der Waals surface area contributed by atoms with Gasteiger partial charge in [-0.2, -0.15) is 4.98 Å². The first-order valence-corrected chi connectivity index (χ1v) is 9.87. The first-order chi connectivity index (χ1) is 11.5. The molecule has 0 amide bonds. The van der Waals surface area contributed by atoms with Gasteiger partial charge in [-0.05, 0) is 41.0 Å². The predicted molar refractivity (Wildman–Crippen MR) is 98.4 cm³/mol. The van der Waals surface area contributed by atoms with Gasteiger partial charge in [-0.1, -0.05) is 6.92 Å². The summed E-state index contributed by atoms with van der Waals surface area (Å²) in [5.41, 5.74) is 2.24. The van der Waals surface area contributed by atoms with Crippen molar-refractivity contribution in [2.45, 2.75) is 36.7 Å². The van der Waals surface area contributed by atoms with Crippen LogP contribution in [-0.4, -0.2) is 32.3 Å². The fourth-order valence-electron chi connectivity index (χ4n) is 2.13. The number of Topliss-reactive ketones (excluding diaryl/α,β-unsaturated/α-hetero) is 1. The maximum Gasteiger partial charge on any atom is 0.228 e. The standard InChI is InChI=1S/C15H15BrN4O2S2/c1-4-8-11(16)10-12(17-8)19-14(20-13(10)22-5-2)24-15-18-9(6-23-15)7(3)21/h6H,4-5H2,1-3H3,(H,17,19,20). The molecule has 0 saturated heterocycles. The van der Waals surface area contributed by atoms with Gasteiger partial charge in [0.15, 0.2) is 15.3 Å². The molecule has 0 atom stereocenters. The summed E-state index contributed by atoms with van der Waals surface area (Å²) in [6, 6.07) is 0. The third-order valence-corrected chi connectivity index (χ3v) is 5.94. The highest BCUT2D eigenvalue weighted by molar-refractivity contribution is 9.10. The lowest BCUT2D eigenvalue weighted by atomic mass is 10.3. The fraction of sp³-hybridized carbons (Fsp3) is 0.333. The molecular formula is C15H15BrN4O2S2. The first-order valence-electron chi connectivity index (χ1n) is 7.38. The number of ketones is 1. The third kappa shape index (κ3) is 3.33. The van der Waals surface area contributed by atoms with E-state index in [2.05, 4.69) is 42.8 Å². The van der Waals surface area contributed by atoms with Crippen molar-refractivity contribution in [1.29, 1.82) is 0 Å². The van der Waals surface area contributed by atoms with Crippen LogP contribution in [0.5, 0.6) is 5.88 Å². The molecule has 0 fully saturated rings. The van der Waals surface area contributed by atoms with Crippen LogP contribution in [0.25, 0.3) is 11.0 Å². The molecule has 126 valence electrons. The quantitative estimate of drug-likeness (QED) is 0.461. The minimum Gasteiger partial charge on any atom is -0.477 e. The average Bonchev–Trinajstić information content (AvgIpc) is 3.12. The molecule has 0 bridgehead atoms. The lowest BCUT2D eigenvalue weighted by Gasteiger charge is -2.05. The molecule has 3 aromatic rings. The van der Waals surface area contributed by atoms with Crippen LogP contribution < -0.4 is 4.74 Å². The molecule has 9 heteroatoms. The van der Waals surface area contributed by atoms with Crippen LogP contribution in [0, 0.1) is 0 Å². The first kappa shape index (κ1) is 17.4. The van der Waals surface area contributed by atoms with Gasteiger partial charge in [0.25, 0.3) is 0 Å². The van der Waals surface area contributed by atoms with Crippen LogP contribution in [0.15, 0.2) is 19.3 Å². The van der Waals surface area contributed by atoms with Crippen molar-refractivity contribution in [3.8, 4) is 5.88 Å². The molecule has 3 aromatic heterocycles. The molecule has 0 saturated carbocycles. The second kappa shape index (κ2) is 7.20. The molecule has 0 aliphatic heterocycles. The Kier molecular flexibility index (Phi) is 5.21. The van der Waals surface area contributed by atoms with E-state index in [-0.39, 0.29) is 5.78 Å². The molecule has 0 aromatic carbocycles. The van der Waals surface area contributed by atoms with Crippen molar-refractivity contribution >= 4 is 55.8 Å². The monoisotopic (exact) mass is 426 g/mol. The molecule has 0 aliphatic rings. The van der Waals surface area contributed by atoms with Crippen molar-refractivity contribution in [3.63, 3.8) is 0 Å². The Morgan fingerprint density at radius 1 is 1.38 bits per heavy atom. The van der Waals surface area contributed by atoms with Gasteiger partial charge >= 0.3 is 0 Å². The second-order valence-electron chi connectivity index (χ2n) is 4.90. The molecule has 6 nitrogen and oxygen atoms in total. The molecule has 3 rings (SSSR count). The number of nitrogens with one attached hydrogen (secondary N) is 1. The van der Waals surface area contributed by atoms with E-state index >= 15 is 0 Å². The predicted octanol–water partition coefficient (Wildman–Crippen LogP) is 4.49. The molecule has 1 N–H and O–H groups in total. The number of aryl methyl sites for hydroxylation is 1. The summed E-state index contributed by atoms with van der Waals surface area (Å²) < 4.78 is 7.36. The van der Waals surface area contributed by atoms with Crippen LogP contribution in [0.1, 0.15) is 37.0 Å². The molecule has 0 radical (unpaired) electrons. The summed E-state index contributed by atoms with van der Waals surface area (Å²) in [6.07, 6.45) is 0.847. The van der Waals surface area contributed by atoms with Gasteiger partial charge < -0.3 is 9.72 Å². The van der Waals surface area contributed by atoms with Gasteiger partial charge in [0.2, 0.25) is 5.88 Å². The third-order valence-electron chi connectivity index (χ3n) is 3.27. The van der Waals surface area contributed by atoms with Gasteiger partial charge in [-0.3, -0.25) is 4.79 Å². The second-order valence-corrected chi connectivity index (χ2v) is 7.76. The number of carbonyl (C=O) groups excluding carboxylic acids is 1. The zero-order valence-electron chi connectivity index (χ0n) is 13.3. The summed E-state index contributed by atoms with van der Waals surface area (Å²) in [5, 5.41) is 3.13. The zero-order valence-corrected chi connectivity index (χ0v) is 16.6. The Bertz CT molecular complexity index is 906. The van der Waals surface area contributed by atoms with E-state index in [0.29, 0.717) is 23.3 Å². The largest absolute Gasteiger partial charge is 0.477 e. The summed E-state index contributed by atoms with van der Waals surface area (Å²) in [6.45, 7) is 6.00. The van der Waals surface area contributed by atoms with E-state index in [1.807, 2.05) is 6.92 Å². The van der Waals surface area contributed by atoms with Crippen LogP contribution in [-0.2, 0) is 6.42 Å². The highest BCUT2D eigenvalue weighted by Gasteiger charge is 2.18. The average molecular weight is 427 g/mol. The van der Waals surface area contributed by atoms with Gasteiger partial charge in [-0.15, -0.1) is 11.3 Å². The summed E-state index contributed by atoms with van der Waals surface area (Å²) >= 11 is 6.32. The van der Waals surface area contributed by atoms with Crippen LogP contribution in [0.2, 0.25) is 0 Å². The summed E-state index contributed by atoms with van der Waals surface area (Å²) in [4.78, 5) is 28.0. The number of rotatable bonds is 6. The van der Waals surface area contributed by atoms with Gasteiger partial charge in [-0.25, -0.2) is 9.97 Å². The van der Waals surface area contributed by atoms with Crippen molar-refractivity contribution in [1.82, 2.24) is 19.9 Å². The summed E-state index contributed by atoms with van der Waals surface area (Å²) in [7, 11) is 0. The molecule has 0 aliphatic carbocycles. The number of halogens is 1. The smallest absolute Gasteiger partial charge is 0.228 e. The van der Waals surface area contributed by atoms with Crippen molar-refractivity contribution < 1.29 is 9.53 Å². The number of hydrogen-bond donors (Lipinski definition) is 1. The van der Waals surface area contributed by atoms with E-state index in [9.17, 15) is 4.79 Å². The molecule has 24 heavy (non-hydrogen) atoms. The van der Waals surface area contributed by atoms with E-state index < -0.39 is 0 Å². The Balaban J connectivity index is 2.02. The number of H-pyrrole nitrogens is 1. The van der Waals surface area contributed by atoms with Gasteiger partial charge in [0, 0.05) is 18.0 Å². The Morgan fingerprint density at radius 2 is 2.17 bits per heavy atom. The van der Waals surface area contributed by atoms with E-state index in [1.165, 1.54) is 30.0 Å². The zero-order chi connectivity index (χ0) is 17.3. The number of aromatic amines is 1. The normalized spacial score (nSPS) is 11.2. The lowest BCUT2D eigenvalue weighted by Crippen LogP contribution is -1.98. The summed E-state index contributed by atoms with van der Waals surface area (Å²) in [5.74, 6) is 0.488. The van der Waals surface area contributed by atoms with E-state index in [1.54, 1.807) is 5.38 Å². The minimum atomic E-state index is -0.0506. The number of carbonyl (C=O) groups is 1. The number of ether oxygens (including phenoxy) is 1. The molecule has 0 spiro atoms. The lowest BCUT2D eigenvalue weighted by molar-refractivity contribution is 0.101. The number of fused-ring (bicyclic) bond motifs is 1. The maximum atomic E-state index is 11.4. The van der Waals surface area contributed by atoms with Crippen molar-refractivity contribution in [2.24, 2.45) is 0 Å². The maximum absolute atomic E-state index is 11.4. The Morgan fingerprint density at radius 3 is 2.79 bits per heavy atom. The van der Waals surface area contributed by atoms with Crippen molar-refractivity contribution in [2.75, 3.05) is 6.61 Å². The van der Waals surface area contributed by atoms with Crippen LogP contribution in [0.4, 0.5) is 0 Å². The highest BCUT2D eigenvalue weighted by Crippen LogP contribution is 2.36. The minimum absolute atomic E-state index is 0.0506. The molecule has 0 unspecified atom stereocenters. The fourth-order valence-corrected chi connectivity index (χ4v) is 4.58. The van der Waals surface area contributed by atoms with E-state index in [4.69, 9.17) is 4.74 Å². The van der Waals surface area contributed by atoms with Crippen molar-refractivity contribution in [3.05, 3.63) is 21.2 Å². The number of nitrogens with zero attached hydrogens (tertiary/aromatic N) is 3. The van der Waals surface area contributed by atoms with Crippen LogP contribution in [0.3, 0.4) is 0 Å². The number of hydrogen-bond acceptors (Lipinski definition) is 7. The Hall–Kier alpha value is -1.45. The number of aromatic nitrogens is 4. The Labute approximate surface area is 155 Å². The number of thiazole rings is 1.